The average molecular weight is 307 g/mol. The van der Waals surface area contributed by atoms with Gasteiger partial charge in [0.05, 0.1) is 13.3 Å². The molecule has 0 fully saturated rings. The number of aryl methyl sites for hydroxylation is 1. The Labute approximate surface area is 125 Å². The summed E-state index contributed by atoms with van der Waals surface area (Å²) in [6.07, 6.45) is 1.50. The Balaban J connectivity index is 2.18. The van der Waals surface area contributed by atoms with Crippen LogP contribution in [0, 0.1) is 11.6 Å². The number of aromatic nitrogens is 2. The quantitative estimate of drug-likeness (QED) is 0.948. The first-order chi connectivity index (χ1) is 10.6. The number of ether oxygens (including phenoxy) is 1. The van der Waals surface area contributed by atoms with Crippen molar-refractivity contribution in [2.24, 2.45) is 0 Å². The molecule has 1 atom stereocenters. The Kier molecular flexibility index (Phi) is 3.56. The summed E-state index contributed by atoms with van der Waals surface area (Å²) in [5.41, 5.74) is 0.443. The number of anilines is 1. The second kappa shape index (κ2) is 5.40. The van der Waals surface area contributed by atoms with E-state index in [-0.39, 0.29) is 23.6 Å². The van der Waals surface area contributed by atoms with Gasteiger partial charge in [0, 0.05) is 30.0 Å². The predicted octanol–water partition coefficient (Wildman–Crippen LogP) is 2.66. The summed E-state index contributed by atoms with van der Waals surface area (Å²) in [5.74, 6) is -2.06. The molecule has 1 amide bonds. The molecule has 1 aromatic carbocycles. The van der Waals surface area contributed by atoms with Crippen LogP contribution in [0.5, 0.6) is 5.75 Å². The van der Waals surface area contributed by atoms with Gasteiger partial charge in [0.1, 0.15) is 11.6 Å². The van der Waals surface area contributed by atoms with Crippen LogP contribution in [0.2, 0.25) is 0 Å². The normalized spacial score (nSPS) is 17.1. The number of amides is 1. The number of hydrogen-bond acceptors (Lipinski definition) is 3. The number of methoxy groups -OCH3 is 1. The second-order valence-corrected chi connectivity index (χ2v) is 5.05. The zero-order valence-corrected chi connectivity index (χ0v) is 12.2. The van der Waals surface area contributed by atoms with Crippen LogP contribution in [0.25, 0.3) is 0 Å². The topological polar surface area (TPSA) is 56.2 Å². The molecule has 0 spiro atoms. The fourth-order valence-electron chi connectivity index (χ4n) is 2.79. The molecule has 1 aliphatic rings. The summed E-state index contributed by atoms with van der Waals surface area (Å²) in [6, 6.07) is 2.38. The van der Waals surface area contributed by atoms with Crippen LogP contribution in [-0.4, -0.2) is 22.8 Å². The summed E-state index contributed by atoms with van der Waals surface area (Å²) in [4.78, 5) is 11.9. The summed E-state index contributed by atoms with van der Waals surface area (Å²) in [6.45, 7) is 2.42. The molecular formula is C15H15F2N3O2. The molecule has 1 N–H and O–H groups in total. The molecule has 3 rings (SSSR count). The van der Waals surface area contributed by atoms with Gasteiger partial charge in [-0.2, -0.15) is 5.10 Å². The van der Waals surface area contributed by atoms with Crippen molar-refractivity contribution in [3.8, 4) is 5.75 Å². The fourth-order valence-corrected chi connectivity index (χ4v) is 2.79. The lowest BCUT2D eigenvalue weighted by Gasteiger charge is -2.24. The highest BCUT2D eigenvalue weighted by Gasteiger charge is 2.34. The van der Waals surface area contributed by atoms with Crippen molar-refractivity contribution in [3.63, 3.8) is 0 Å². The van der Waals surface area contributed by atoms with Gasteiger partial charge in [-0.1, -0.05) is 0 Å². The molecule has 2 aromatic rings. The lowest BCUT2D eigenvalue weighted by atomic mass is 9.86. The van der Waals surface area contributed by atoms with Gasteiger partial charge in [0.25, 0.3) is 0 Å². The van der Waals surface area contributed by atoms with Crippen LogP contribution in [0.15, 0.2) is 18.3 Å². The standard InChI is InChI=1S/C15H15F2N3O2/c1-3-20-15-9(7-18-20)8(6-12(21)19-15)13-10(16)4-5-11(22-2)14(13)17/h4-5,7-8H,3,6H2,1-2H3,(H,19,21). The van der Waals surface area contributed by atoms with E-state index in [0.29, 0.717) is 17.9 Å². The van der Waals surface area contributed by atoms with Crippen molar-refractivity contribution >= 4 is 11.7 Å². The first-order valence-electron chi connectivity index (χ1n) is 6.94. The number of halogens is 2. The maximum Gasteiger partial charge on any atom is 0.226 e. The average Bonchev–Trinajstić information content (AvgIpc) is 2.90. The predicted molar refractivity (Wildman–Crippen MR) is 75.9 cm³/mol. The Morgan fingerprint density at radius 1 is 1.45 bits per heavy atom. The Bertz CT molecular complexity index is 743. The number of rotatable bonds is 3. The largest absolute Gasteiger partial charge is 0.494 e. The molecule has 116 valence electrons. The van der Waals surface area contributed by atoms with Gasteiger partial charge in [-0.05, 0) is 19.1 Å². The molecule has 0 saturated carbocycles. The van der Waals surface area contributed by atoms with Crippen LogP contribution < -0.4 is 10.1 Å². The minimum atomic E-state index is -0.780. The highest BCUT2D eigenvalue weighted by Crippen LogP contribution is 2.40. The van der Waals surface area contributed by atoms with Crippen LogP contribution in [-0.2, 0) is 11.3 Å². The molecule has 1 aromatic heterocycles. The van der Waals surface area contributed by atoms with Crippen LogP contribution >= 0.6 is 0 Å². The molecule has 0 radical (unpaired) electrons. The van der Waals surface area contributed by atoms with E-state index in [1.54, 1.807) is 10.9 Å². The zero-order chi connectivity index (χ0) is 15.9. The number of carbonyl (C=O) groups is 1. The Morgan fingerprint density at radius 3 is 2.91 bits per heavy atom. The highest BCUT2D eigenvalue weighted by atomic mass is 19.1. The fraction of sp³-hybridized carbons (Fsp3) is 0.333. The number of benzene rings is 1. The zero-order valence-electron chi connectivity index (χ0n) is 12.2. The molecule has 0 aliphatic carbocycles. The number of fused-ring (bicyclic) bond motifs is 1. The number of hydrogen-bond donors (Lipinski definition) is 1. The van der Waals surface area contributed by atoms with Crippen molar-refractivity contribution in [1.29, 1.82) is 0 Å². The molecule has 5 nitrogen and oxygen atoms in total. The molecular weight excluding hydrogens is 292 g/mol. The van der Waals surface area contributed by atoms with E-state index in [1.165, 1.54) is 13.2 Å². The maximum atomic E-state index is 14.5. The summed E-state index contributed by atoms with van der Waals surface area (Å²) in [5, 5.41) is 6.87. The Morgan fingerprint density at radius 2 is 2.23 bits per heavy atom. The number of nitrogens with one attached hydrogen (secondary N) is 1. The van der Waals surface area contributed by atoms with Gasteiger partial charge in [-0.25, -0.2) is 13.5 Å². The first kappa shape index (κ1) is 14.5. The maximum absolute atomic E-state index is 14.5. The van der Waals surface area contributed by atoms with Gasteiger partial charge in [-0.15, -0.1) is 0 Å². The van der Waals surface area contributed by atoms with Crippen LogP contribution in [0.4, 0.5) is 14.6 Å². The third-order valence-corrected chi connectivity index (χ3v) is 3.85. The molecule has 2 heterocycles. The van der Waals surface area contributed by atoms with Gasteiger partial charge in [0.2, 0.25) is 5.91 Å². The van der Waals surface area contributed by atoms with E-state index >= 15 is 0 Å². The smallest absolute Gasteiger partial charge is 0.226 e. The van der Waals surface area contributed by atoms with Crippen molar-refractivity contribution < 1.29 is 18.3 Å². The monoisotopic (exact) mass is 307 g/mol. The summed E-state index contributed by atoms with van der Waals surface area (Å²) in [7, 11) is 1.31. The van der Waals surface area contributed by atoms with Crippen LogP contribution in [0.3, 0.4) is 0 Å². The highest BCUT2D eigenvalue weighted by molar-refractivity contribution is 5.94. The van der Waals surface area contributed by atoms with Crippen molar-refractivity contribution in [3.05, 3.63) is 41.1 Å². The van der Waals surface area contributed by atoms with E-state index in [1.807, 2.05) is 6.92 Å². The molecule has 0 bridgehead atoms. The van der Waals surface area contributed by atoms with Gasteiger partial charge in [-0.3, -0.25) is 4.79 Å². The van der Waals surface area contributed by atoms with Crippen molar-refractivity contribution in [2.75, 3.05) is 12.4 Å². The minimum absolute atomic E-state index is 0.0383. The summed E-state index contributed by atoms with van der Waals surface area (Å²) < 4.78 is 35.2. The second-order valence-electron chi connectivity index (χ2n) is 5.05. The SMILES string of the molecule is CCn1ncc2c1NC(=O)CC2c1c(F)ccc(OC)c1F. The minimum Gasteiger partial charge on any atom is -0.494 e. The molecule has 7 heteroatoms. The van der Waals surface area contributed by atoms with E-state index in [4.69, 9.17) is 4.74 Å². The van der Waals surface area contributed by atoms with Gasteiger partial charge < -0.3 is 10.1 Å². The van der Waals surface area contributed by atoms with E-state index in [9.17, 15) is 13.6 Å². The first-order valence-corrected chi connectivity index (χ1v) is 6.94. The molecule has 0 saturated heterocycles. The van der Waals surface area contributed by atoms with Crippen molar-refractivity contribution in [2.45, 2.75) is 25.8 Å². The Hall–Kier alpha value is -2.44. The third-order valence-electron chi connectivity index (χ3n) is 3.85. The lowest BCUT2D eigenvalue weighted by Crippen LogP contribution is -2.25. The molecule has 1 aliphatic heterocycles. The van der Waals surface area contributed by atoms with E-state index in [2.05, 4.69) is 10.4 Å². The molecule has 22 heavy (non-hydrogen) atoms. The third kappa shape index (κ3) is 2.13. The van der Waals surface area contributed by atoms with Gasteiger partial charge in [0.15, 0.2) is 11.6 Å². The van der Waals surface area contributed by atoms with E-state index in [0.717, 1.165) is 6.07 Å². The van der Waals surface area contributed by atoms with E-state index < -0.39 is 17.6 Å². The van der Waals surface area contributed by atoms with Crippen molar-refractivity contribution in [1.82, 2.24) is 9.78 Å². The number of nitrogens with zero attached hydrogens (tertiary/aromatic N) is 2. The lowest BCUT2D eigenvalue weighted by molar-refractivity contribution is -0.116. The summed E-state index contributed by atoms with van der Waals surface area (Å²) >= 11 is 0. The molecule has 1 unspecified atom stereocenters. The van der Waals surface area contributed by atoms with Crippen LogP contribution in [0.1, 0.15) is 30.4 Å². The number of carbonyl (C=O) groups excluding carboxylic acids is 1. The van der Waals surface area contributed by atoms with Gasteiger partial charge >= 0.3 is 0 Å².